The van der Waals surface area contributed by atoms with E-state index < -0.39 is 0 Å². The van der Waals surface area contributed by atoms with Gasteiger partial charge in [-0.1, -0.05) is 53.2 Å². The van der Waals surface area contributed by atoms with Gasteiger partial charge in [0.15, 0.2) is 0 Å². The molecule has 0 spiro atoms. The molecule has 0 bridgehead atoms. The first-order valence-corrected chi connectivity index (χ1v) is 6.15. The Bertz CT molecular complexity index is 461. The van der Waals surface area contributed by atoms with Crippen LogP contribution in [0.3, 0.4) is 0 Å². The first-order chi connectivity index (χ1) is 8.72. The zero-order valence-electron chi connectivity index (χ0n) is 11.4. The van der Waals surface area contributed by atoms with E-state index in [9.17, 15) is 8.71 Å². The van der Waals surface area contributed by atoms with E-state index in [4.69, 9.17) is 0 Å². The maximum atomic E-state index is 13.2. The molecule has 0 saturated heterocycles. The molecule has 0 fully saturated rings. The minimum atomic E-state index is -0.346. The summed E-state index contributed by atoms with van der Waals surface area (Å²) in [6.07, 6.45) is 0.684. The number of fused-ring (bicyclic) bond motifs is 1. The molecule has 2 aromatic rings. The number of hydrogen-bond donors (Lipinski definition) is 0. The Kier molecular flexibility index (Phi) is 12.2. The topological polar surface area (TPSA) is 12.9 Å². The molecule has 105 valence electrons. The number of hydrogen-bond acceptors (Lipinski definition) is 1. The van der Waals surface area contributed by atoms with Crippen molar-refractivity contribution < 1.29 is 8.71 Å². The standard InChI is InChI=1S/C11H10FN.C2H6.CH3BF.CH4/c1-2-8-7-9-5-3-4-6-10(9)13-11(8)12;1-2;1-2-3;/h3-7H,2H2,1H3;1-2H3;1H3;1H4/i12-1;;;. The van der Waals surface area contributed by atoms with Crippen molar-refractivity contribution in [2.24, 2.45) is 0 Å². The van der Waals surface area contributed by atoms with Crippen molar-refractivity contribution >= 4 is 18.5 Å². The largest absolute Gasteiger partial charge is 0.351 e. The van der Waals surface area contributed by atoms with Crippen LogP contribution in [0.15, 0.2) is 30.3 Å². The zero-order valence-corrected chi connectivity index (χ0v) is 11.4. The summed E-state index contributed by atoms with van der Waals surface area (Å²) in [6, 6.07) is 9.41. The van der Waals surface area contributed by atoms with Gasteiger partial charge in [0.2, 0.25) is 5.95 Å². The fourth-order valence-corrected chi connectivity index (χ4v) is 1.38. The molecule has 0 aliphatic heterocycles. The monoisotopic (exact) mass is 265 g/mol. The summed E-state index contributed by atoms with van der Waals surface area (Å²) in [4.78, 5) is 3.88. The second-order valence-corrected chi connectivity index (χ2v) is 3.20. The van der Waals surface area contributed by atoms with Crippen molar-refractivity contribution in [3.8, 4) is 0 Å². The third kappa shape index (κ3) is 6.32. The van der Waals surface area contributed by atoms with Crippen LogP contribution in [0.2, 0.25) is 6.82 Å². The SMILES string of the molecule is C.CC.CCc1cc2ccccc2nc1[18F].C[B]F. The van der Waals surface area contributed by atoms with Gasteiger partial charge < -0.3 is 4.32 Å². The Labute approximate surface area is 116 Å². The highest BCUT2D eigenvalue weighted by Crippen LogP contribution is 2.15. The number of pyridine rings is 1. The molecule has 19 heavy (non-hydrogen) atoms. The lowest BCUT2D eigenvalue weighted by molar-refractivity contribution is 0.574. The minimum absolute atomic E-state index is 0. The van der Waals surface area contributed by atoms with Crippen LogP contribution in [0.5, 0.6) is 0 Å². The maximum absolute atomic E-state index is 13.2. The Hall–Kier alpha value is -1.45. The smallest absolute Gasteiger partial charge is 0.343 e. The van der Waals surface area contributed by atoms with Crippen LogP contribution in [0, 0.1) is 5.95 Å². The lowest BCUT2D eigenvalue weighted by Gasteiger charge is -2.01. The molecule has 1 aromatic heterocycles. The van der Waals surface area contributed by atoms with Crippen LogP contribution >= 0.6 is 0 Å². The third-order valence-electron chi connectivity index (χ3n) is 2.13. The van der Waals surface area contributed by atoms with Gasteiger partial charge in [0.1, 0.15) is 0 Å². The van der Waals surface area contributed by atoms with E-state index in [0.29, 0.717) is 19.5 Å². The average molecular weight is 265 g/mol. The van der Waals surface area contributed by atoms with Crippen LogP contribution in [-0.4, -0.2) is 12.5 Å². The van der Waals surface area contributed by atoms with Crippen LogP contribution < -0.4 is 0 Å². The van der Waals surface area contributed by atoms with Gasteiger partial charge in [-0.3, -0.25) is 0 Å². The number of aromatic nitrogens is 1. The summed E-state index contributed by atoms with van der Waals surface area (Å²) in [5, 5.41) is 1.00. The number of rotatable bonds is 1. The molecule has 0 aliphatic carbocycles. The van der Waals surface area contributed by atoms with E-state index in [-0.39, 0.29) is 13.4 Å². The summed E-state index contributed by atoms with van der Waals surface area (Å²) in [7, 11) is 0.500. The molecule has 0 N–H and O–H groups in total. The molecule has 0 aliphatic rings. The average Bonchev–Trinajstić information content (AvgIpc) is 2.41. The molecule has 0 unspecified atom stereocenters. The first kappa shape index (κ1) is 19.9. The molecule has 0 atom stereocenters. The molecule has 0 amide bonds. The molecule has 0 saturated carbocycles. The highest BCUT2D eigenvalue weighted by molar-refractivity contribution is 6.23. The van der Waals surface area contributed by atoms with Crippen molar-refractivity contribution in [2.45, 2.75) is 41.4 Å². The van der Waals surface area contributed by atoms with Crippen molar-refractivity contribution in [3.63, 3.8) is 0 Å². The van der Waals surface area contributed by atoms with E-state index in [1.807, 2.05) is 51.1 Å². The van der Waals surface area contributed by atoms with Crippen molar-refractivity contribution in [2.75, 3.05) is 0 Å². The fourth-order valence-electron chi connectivity index (χ4n) is 1.38. The fraction of sp³-hybridized carbons (Fsp3) is 0.400. The van der Waals surface area contributed by atoms with Crippen LogP contribution in [0.4, 0.5) is 8.71 Å². The third-order valence-corrected chi connectivity index (χ3v) is 2.13. The summed E-state index contributed by atoms with van der Waals surface area (Å²) in [6.45, 7) is 7.26. The van der Waals surface area contributed by atoms with E-state index in [0.717, 1.165) is 10.9 Å². The normalized spacial score (nSPS) is 8.32. The molecule has 2 rings (SSSR count). The van der Waals surface area contributed by atoms with Crippen LogP contribution in [0.25, 0.3) is 10.9 Å². The van der Waals surface area contributed by atoms with Gasteiger partial charge in [-0.05, 0) is 18.6 Å². The number of nitrogens with zero attached hydrogens (tertiary/aromatic N) is 1. The quantitative estimate of drug-likeness (QED) is 0.508. The molecular weight excluding hydrogens is 242 g/mol. The van der Waals surface area contributed by atoms with Gasteiger partial charge in [0.25, 0.3) is 0 Å². The van der Waals surface area contributed by atoms with E-state index >= 15 is 0 Å². The molecule has 1 heterocycles. The lowest BCUT2D eigenvalue weighted by Crippen LogP contribution is -1.92. The summed E-state index contributed by atoms with van der Waals surface area (Å²) in [5.41, 5.74) is 1.40. The Morgan fingerprint density at radius 2 is 1.74 bits per heavy atom. The summed E-state index contributed by atoms with van der Waals surface area (Å²) >= 11 is 0. The van der Waals surface area contributed by atoms with Crippen molar-refractivity contribution in [1.29, 1.82) is 0 Å². The van der Waals surface area contributed by atoms with Gasteiger partial charge in [-0.2, -0.15) is 4.39 Å². The number of benzene rings is 1. The molecule has 1 radical (unpaired) electrons. The first-order valence-electron chi connectivity index (χ1n) is 6.15. The van der Waals surface area contributed by atoms with Crippen molar-refractivity contribution in [1.82, 2.24) is 4.98 Å². The number of para-hydroxylation sites is 1. The highest BCUT2D eigenvalue weighted by Gasteiger charge is 2.02. The van der Waals surface area contributed by atoms with Gasteiger partial charge in [0, 0.05) is 10.9 Å². The molecule has 1 aromatic carbocycles. The maximum Gasteiger partial charge on any atom is 0.351 e. The molecule has 4 heteroatoms. The van der Waals surface area contributed by atoms with Gasteiger partial charge >= 0.3 is 7.56 Å². The summed E-state index contributed by atoms with van der Waals surface area (Å²) in [5.74, 6) is -0.346. The number of halogens is 2. The predicted octanol–water partition coefficient (Wildman–Crippen LogP) is 5.22. The second kappa shape index (κ2) is 11.6. The van der Waals surface area contributed by atoms with Gasteiger partial charge in [-0.25, -0.2) is 4.98 Å². The van der Waals surface area contributed by atoms with Crippen LogP contribution in [0.1, 0.15) is 33.8 Å². The second-order valence-electron chi connectivity index (χ2n) is 3.20. The molecule has 1 nitrogen and oxygen atoms in total. The van der Waals surface area contributed by atoms with E-state index in [1.54, 1.807) is 0 Å². The zero-order chi connectivity index (χ0) is 14.0. The lowest BCUT2D eigenvalue weighted by atomic mass is 10.1. The van der Waals surface area contributed by atoms with Gasteiger partial charge in [-0.15, -0.1) is 0 Å². The number of aryl methyl sites for hydroxylation is 1. The van der Waals surface area contributed by atoms with Crippen LogP contribution in [-0.2, 0) is 6.42 Å². The Morgan fingerprint density at radius 3 is 2.26 bits per heavy atom. The summed E-state index contributed by atoms with van der Waals surface area (Å²) < 4.78 is 23.4. The minimum Gasteiger partial charge on any atom is -0.343 e. The van der Waals surface area contributed by atoms with E-state index in [2.05, 4.69) is 4.98 Å². The Morgan fingerprint density at radius 1 is 1.21 bits per heavy atom. The highest BCUT2D eigenvalue weighted by atomic mass is 19.1. The van der Waals surface area contributed by atoms with E-state index in [1.165, 1.54) is 6.82 Å². The van der Waals surface area contributed by atoms with Crippen molar-refractivity contribution in [3.05, 3.63) is 41.8 Å². The molecular formula is C15H23BF2N. The predicted molar refractivity (Wildman–Crippen MR) is 81.9 cm³/mol. The van der Waals surface area contributed by atoms with Gasteiger partial charge in [0.05, 0.1) is 5.52 Å². The Balaban J connectivity index is 0.